The Kier molecular flexibility index (Phi) is 5.36. The third-order valence-corrected chi connectivity index (χ3v) is 3.06. The van der Waals surface area contributed by atoms with E-state index in [4.69, 9.17) is 15.2 Å². The first kappa shape index (κ1) is 15.5. The first-order valence-corrected chi connectivity index (χ1v) is 6.69. The summed E-state index contributed by atoms with van der Waals surface area (Å²) in [4.78, 5) is 12.3. The van der Waals surface area contributed by atoms with Crippen LogP contribution < -0.4 is 15.2 Å². The highest BCUT2D eigenvalue weighted by Gasteiger charge is 2.27. The van der Waals surface area contributed by atoms with Crippen LogP contribution in [0.1, 0.15) is 44.5 Å². The fraction of sp³-hybridized carbons (Fsp3) is 0.533. The zero-order valence-corrected chi connectivity index (χ0v) is 12.2. The number of hydrogen-bond donors (Lipinski definition) is 1. The van der Waals surface area contributed by atoms with Crippen molar-refractivity contribution >= 4 is 5.78 Å². The Morgan fingerprint density at radius 2 is 1.74 bits per heavy atom. The SMILES string of the molecule is CCOc1ccc(C(=O)C(C)(N)CC)cc1OCC. The summed E-state index contributed by atoms with van der Waals surface area (Å²) in [5.41, 5.74) is 5.69. The number of rotatable bonds is 7. The van der Waals surface area contributed by atoms with E-state index in [9.17, 15) is 4.79 Å². The van der Waals surface area contributed by atoms with Crippen LogP contribution in [0.4, 0.5) is 0 Å². The zero-order chi connectivity index (χ0) is 14.5. The standard InChI is InChI=1S/C15H23NO3/c1-5-15(4,16)14(17)11-8-9-12(18-6-2)13(10-11)19-7-3/h8-10H,5-7,16H2,1-4H3. The van der Waals surface area contributed by atoms with Crippen molar-refractivity contribution in [2.75, 3.05) is 13.2 Å². The number of hydrogen-bond acceptors (Lipinski definition) is 4. The van der Waals surface area contributed by atoms with E-state index in [2.05, 4.69) is 0 Å². The predicted molar refractivity (Wildman–Crippen MR) is 76.0 cm³/mol. The number of nitrogens with two attached hydrogens (primary N) is 1. The van der Waals surface area contributed by atoms with E-state index >= 15 is 0 Å². The molecule has 0 saturated heterocycles. The second-order valence-electron chi connectivity index (χ2n) is 4.63. The van der Waals surface area contributed by atoms with Crippen molar-refractivity contribution in [1.82, 2.24) is 0 Å². The van der Waals surface area contributed by atoms with Gasteiger partial charge in [0.15, 0.2) is 17.3 Å². The lowest BCUT2D eigenvalue weighted by Gasteiger charge is -2.21. The number of carbonyl (C=O) groups is 1. The van der Waals surface area contributed by atoms with Crippen LogP contribution in [0.3, 0.4) is 0 Å². The fourth-order valence-electron chi connectivity index (χ4n) is 1.68. The molecule has 4 heteroatoms. The Balaban J connectivity index is 3.10. The molecule has 0 fully saturated rings. The topological polar surface area (TPSA) is 61.5 Å². The number of Topliss-reactive ketones (excluding diaryl/α,β-unsaturated/α-hetero) is 1. The molecule has 1 unspecified atom stereocenters. The van der Waals surface area contributed by atoms with Gasteiger partial charge in [-0.2, -0.15) is 0 Å². The smallest absolute Gasteiger partial charge is 0.182 e. The molecule has 1 aromatic carbocycles. The van der Waals surface area contributed by atoms with Crippen molar-refractivity contribution < 1.29 is 14.3 Å². The highest BCUT2D eigenvalue weighted by molar-refractivity contribution is 6.03. The monoisotopic (exact) mass is 265 g/mol. The first-order chi connectivity index (χ1) is 8.96. The van der Waals surface area contributed by atoms with Gasteiger partial charge in [-0.3, -0.25) is 4.79 Å². The van der Waals surface area contributed by atoms with Crippen LogP contribution in [-0.4, -0.2) is 24.5 Å². The molecule has 106 valence electrons. The molecule has 0 bridgehead atoms. The molecule has 1 rings (SSSR count). The second-order valence-corrected chi connectivity index (χ2v) is 4.63. The summed E-state index contributed by atoms with van der Waals surface area (Å²) in [5, 5.41) is 0. The van der Waals surface area contributed by atoms with E-state index < -0.39 is 5.54 Å². The minimum absolute atomic E-state index is 0.0843. The molecule has 0 aromatic heterocycles. The van der Waals surface area contributed by atoms with E-state index in [1.807, 2.05) is 20.8 Å². The van der Waals surface area contributed by atoms with Crippen LogP contribution in [0.15, 0.2) is 18.2 Å². The maximum Gasteiger partial charge on any atom is 0.182 e. The van der Waals surface area contributed by atoms with Crippen molar-refractivity contribution in [3.05, 3.63) is 23.8 Å². The van der Waals surface area contributed by atoms with Gasteiger partial charge in [-0.05, 0) is 45.4 Å². The van der Waals surface area contributed by atoms with Crippen molar-refractivity contribution in [2.45, 2.75) is 39.7 Å². The minimum Gasteiger partial charge on any atom is -0.490 e. The summed E-state index contributed by atoms with van der Waals surface area (Å²) < 4.78 is 11.0. The summed E-state index contributed by atoms with van der Waals surface area (Å²) in [6.45, 7) is 8.51. The second kappa shape index (κ2) is 6.57. The van der Waals surface area contributed by atoms with E-state index in [1.165, 1.54) is 0 Å². The lowest BCUT2D eigenvalue weighted by atomic mass is 9.90. The average Bonchev–Trinajstić information content (AvgIpc) is 2.40. The van der Waals surface area contributed by atoms with Crippen LogP contribution in [-0.2, 0) is 0 Å². The third kappa shape index (κ3) is 3.70. The van der Waals surface area contributed by atoms with Crippen LogP contribution >= 0.6 is 0 Å². The van der Waals surface area contributed by atoms with Gasteiger partial charge < -0.3 is 15.2 Å². The van der Waals surface area contributed by atoms with Gasteiger partial charge in [0.1, 0.15) is 0 Å². The molecule has 0 aliphatic rings. The molecule has 1 aromatic rings. The van der Waals surface area contributed by atoms with Crippen LogP contribution in [0.25, 0.3) is 0 Å². The number of benzene rings is 1. The highest BCUT2D eigenvalue weighted by atomic mass is 16.5. The summed E-state index contributed by atoms with van der Waals surface area (Å²) in [6, 6.07) is 5.20. The molecule has 19 heavy (non-hydrogen) atoms. The maximum absolute atomic E-state index is 12.3. The van der Waals surface area contributed by atoms with Gasteiger partial charge in [0.25, 0.3) is 0 Å². The van der Waals surface area contributed by atoms with Crippen LogP contribution in [0.5, 0.6) is 11.5 Å². The fourth-order valence-corrected chi connectivity index (χ4v) is 1.68. The average molecular weight is 265 g/mol. The largest absolute Gasteiger partial charge is 0.490 e. The number of ether oxygens (including phenoxy) is 2. The summed E-state index contributed by atoms with van der Waals surface area (Å²) >= 11 is 0. The van der Waals surface area contributed by atoms with Crippen molar-refractivity contribution in [2.24, 2.45) is 5.73 Å². The Morgan fingerprint density at radius 1 is 1.16 bits per heavy atom. The van der Waals surface area contributed by atoms with Crippen molar-refractivity contribution in [1.29, 1.82) is 0 Å². The highest BCUT2D eigenvalue weighted by Crippen LogP contribution is 2.30. The van der Waals surface area contributed by atoms with Crippen LogP contribution in [0, 0.1) is 0 Å². The Bertz CT molecular complexity index is 441. The van der Waals surface area contributed by atoms with Gasteiger partial charge in [-0.15, -0.1) is 0 Å². The van der Waals surface area contributed by atoms with Gasteiger partial charge in [0.2, 0.25) is 0 Å². The van der Waals surface area contributed by atoms with Crippen molar-refractivity contribution in [3.63, 3.8) is 0 Å². The van der Waals surface area contributed by atoms with Gasteiger partial charge in [-0.25, -0.2) is 0 Å². The zero-order valence-electron chi connectivity index (χ0n) is 12.2. The normalized spacial score (nSPS) is 13.7. The molecular weight excluding hydrogens is 242 g/mol. The quantitative estimate of drug-likeness (QED) is 0.770. The van der Waals surface area contributed by atoms with E-state index in [0.29, 0.717) is 36.7 Å². The van der Waals surface area contributed by atoms with Gasteiger partial charge in [0, 0.05) is 5.56 Å². The van der Waals surface area contributed by atoms with Crippen molar-refractivity contribution in [3.8, 4) is 11.5 Å². The molecule has 0 radical (unpaired) electrons. The summed E-state index contributed by atoms with van der Waals surface area (Å²) in [6.07, 6.45) is 0.586. The first-order valence-electron chi connectivity index (χ1n) is 6.69. The lowest BCUT2D eigenvalue weighted by molar-refractivity contribution is 0.0897. The molecule has 0 heterocycles. The van der Waals surface area contributed by atoms with E-state index in [-0.39, 0.29) is 5.78 Å². The van der Waals surface area contributed by atoms with E-state index in [0.717, 1.165) is 0 Å². The Hall–Kier alpha value is -1.55. The molecule has 2 N–H and O–H groups in total. The van der Waals surface area contributed by atoms with Crippen LogP contribution in [0.2, 0.25) is 0 Å². The molecule has 0 saturated carbocycles. The minimum atomic E-state index is -0.851. The van der Waals surface area contributed by atoms with Gasteiger partial charge >= 0.3 is 0 Å². The van der Waals surface area contributed by atoms with Gasteiger partial charge in [0.05, 0.1) is 18.8 Å². The number of carbonyl (C=O) groups excluding carboxylic acids is 1. The molecule has 4 nitrogen and oxygen atoms in total. The Morgan fingerprint density at radius 3 is 2.26 bits per heavy atom. The molecule has 0 aliphatic heterocycles. The maximum atomic E-state index is 12.3. The third-order valence-electron chi connectivity index (χ3n) is 3.06. The lowest BCUT2D eigenvalue weighted by Crippen LogP contribution is -2.44. The summed E-state index contributed by atoms with van der Waals surface area (Å²) in [5.74, 6) is 1.15. The number of ketones is 1. The molecule has 1 atom stereocenters. The van der Waals surface area contributed by atoms with E-state index in [1.54, 1.807) is 25.1 Å². The Labute approximate surface area is 114 Å². The molecule has 0 amide bonds. The molecule has 0 aliphatic carbocycles. The summed E-state index contributed by atoms with van der Waals surface area (Å²) in [7, 11) is 0. The molecule has 0 spiro atoms. The predicted octanol–water partition coefficient (Wildman–Crippen LogP) is 2.79. The van der Waals surface area contributed by atoms with Gasteiger partial charge in [-0.1, -0.05) is 6.92 Å². The molecular formula is C15H23NO3.